The molecule has 0 amide bonds. The van der Waals surface area contributed by atoms with E-state index in [0.29, 0.717) is 6.07 Å². The second-order valence-corrected chi connectivity index (χ2v) is 10.2. The maximum absolute atomic E-state index is 14.6. The Morgan fingerprint density at radius 2 is 1.54 bits per heavy atom. The first-order valence-corrected chi connectivity index (χ1v) is 11.2. The number of nitrogens with one attached hydrogen (secondary N) is 1. The molecule has 1 aromatic heterocycles. The fourth-order valence-corrected chi connectivity index (χ4v) is 7.02. The average molecular weight is 573 g/mol. The minimum atomic E-state index is -6.31. The highest BCUT2D eigenvalue weighted by Gasteiger charge is 2.74. The number of fused-ring (bicyclic) bond motifs is 3. The van der Waals surface area contributed by atoms with E-state index in [0.717, 1.165) is 24.3 Å². The van der Waals surface area contributed by atoms with E-state index in [1.165, 1.54) is 0 Å². The third-order valence-corrected chi connectivity index (χ3v) is 8.84. The SMILES string of the molecule is Cl.Cl.O=S(=O)(c1ccc(F)cc1)C12CCNC1CCc1cc(C(F)(C(F)(F)F)C(F)(F)F)cnc12. The number of alkyl halides is 7. The molecule has 2 unspecified atom stereocenters. The van der Waals surface area contributed by atoms with Crippen molar-refractivity contribution >= 4 is 34.7 Å². The van der Waals surface area contributed by atoms with Crippen molar-refractivity contribution in [3.63, 3.8) is 0 Å². The number of sulfone groups is 1. The molecule has 2 heterocycles. The molecule has 0 bridgehead atoms. The van der Waals surface area contributed by atoms with Crippen LogP contribution in [0.5, 0.6) is 0 Å². The Kier molecular flexibility index (Phi) is 7.86. The lowest BCUT2D eigenvalue weighted by molar-refractivity contribution is -0.348. The van der Waals surface area contributed by atoms with Crippen molar-refractivity contribution in [2.24, 2.45) is 0 Å². The van der Waals surface area contributed by atoms with Crippen molar-refractivity contribution in [3.05, 3.63) is 59.2 Å². The van der Waals surface area contributed by atoms with E-state index in [1.54, 1.807) is 0 Å². The van der Waals surface area contributed by atoms with Gasteiger partial charge >= 0.3 is 18.0 Å². The second-order valence-electron chi connectivity index (χ2n) is 8.03. The monoisotopic (exact) mass is 572 g/mol. The van der Waals surface area contributed by atoms with Gasteiger partial charge in [0.2, 0.25) is 0 Å². The Bertz CT molecular complexity index is 1180. The molecular formula is C20H18Cl2F8N2O2S. The third-order valence-electron chi connectivity index (χ3n) is 6.30. The van der Waals surface area contributed by atoms with Gasteiger partial charge in [-0.15, -0.1) is 24.8 Å². The van der Waals surface area contributed by atoms with Gasteiger partial charge in [-0.1, -0.05) is 0 Å². The molecule has 4 rings (SSSR count). The van der Waals surface area contributed by atoms with Gasteiger partial charge in [0.25, 0.3) is 0 Å². The van der Waals surface area contributed by atoms with Gasteiger partial charge in [-0.05, 0) is 61.7 Å². The second kappa shape index (κ2) is 9.31. The van der Waals surface area contributed by atoms with Gasteiger partial charge in [0, 0.05) is 17.8 Å². The third kappa shape index (κ3) is 4.17. The van der Waals surface area contributed by atoms with Crippen LogP contribution in [0.3, 0.4) is 0 Å². The number of nitrogens with zero attached hydrogens (tertiary/aromatic N) is 1. The number of benzene rings is 1. The molecule has 1 saturated heterocycles. The predicted octanol–water partition coefficient (Wildman–Crippen LogP) is 5.33. The first-order chi connectivity index (χ1) is 15.2. The summed E-state index contributed by atoms with van der Waals surface area (Å²) in [5.74, 6) is -0.696. The molecule has 4 nitrogen and oxygen atoms in total. The molecule has 0 spiro atoms. The number of rotatable bonds is 3. The number of aromatic nitrogens is 1. The summed E-state index contributed by atoms with van der Waals surface area (Å²) >= 11 is 0. The lowest BCUT2D eigenvalue weighted by Gasteiger charge is -2.39. The smallest absolute Gasteiger partial charge is 0.312 e. The number of aryl methyl sites for hydroxylation is 1. The van der Waals surface area contributed by atoms with Crippen molar-refractivity contribution in [1.82, 2.24) is 10.3 Å². The standard InChI is InChI=1S/C20H16F8N2O2S.2ClH/c21-13-2-4-14(5-3-13)33(31,32)17-7-8-29-15(17)6-1-11-9-12(10-30-16(11)17)18(22,19(23,24)25)20(26,27)28;;/h2-5,9-10,15,29H,1,6-8H2;2*1H. The molecule has 1 aliphatic heterocycles. The molecule has 35 heavy (non-hydrogen) atoms. The van der Waals surface area contributed by atoms with Crippen molar-refractivity contribution in [1.29, 1.82) is 0 Å². The summed E-state index contributed by atoms with van der Waals surface area (Å²) < 4.78 is 132. The van der Waals surface area contributed by atoms with Crippen LogP contribution in [0.4, 0.5) is 35.1 Å². The van der Waals surface area contributed by atoms with Gasteiger partial charge in [-0.25, -0.2) is 17.2 Å². The first kappa shape index (κ1) is 29.5. The highest BCUT2D eigenvalue weighted by molar-refractivity contribution is 7.92. The van der Waals surface area contributed by atoms with Gasteiger partial charge in [0.15, 0.2) is 9.84 Å². The van der Waals surface area contributed by atoms with Crippen LogP contribution in [0, 0.1) is 5.82 Å². The molecule has 1 aliphatic carbocycles. The van der Waals surface area contributed by atoms with Crippen molar-refractivity contribution in [3.8, 4) is 0 Å². The lowest BCUT2D eigenvalue weighted by atomic mass is 9.80. The molecule has 196 valence electrons. The van der Waals surface area contributed by atoms with E-state index in [2.05, 4.69) is 10.3 Å². The number of hydrogen-bond donors (Lipinski definition) is 1. The summed E-state index contributed by atoms with van der Waals surface area (Å²) in [6, 6.07) is 3.56. The van der Waals surface area contributed by atoms with Gasteiger partial charge in [0.1, 0.15) is 10.6 Å². The Morgan fingerprint density at radius 1 is 0.971 bits per heavy atom. The Balaban J connectivity index is 0.00000216. The Hall–Kier alpha value is -1.70. The van der Waals surface area contributed by atoms with E-state index in [1.807, 2.05) is 0 Å². The topological polar surface area (TPSA) is 59.1 Å². The Morgan fingerprint density at radius 3 is 2.09 bits per heavy atom. The normalized spacial score (nSPS) is 22.5. The highest BCUT2D eigenvalue weighted by atomic mass is 35.5. The molecule has 15 heteroatoms. The minimum Gasteiger partial charge on any atom is -0.312 e. The molecule has 1 N–H and O–H groups in total. The van der Waals surface area contributed by atoms with E-state index >= 15 is 0 Å². The molecule has 2 aliphatic rings. The number of halogens is 10. The van der Waals surface area contributed by atoms with Crippen LogP contribution < -0.4 is 5.32 Å². The summed E-state index contributed by atoms with van der Waals surface area (Å²) in [6.07, 6.45) is -12.7. The van der Waals surface area contributed by atoms with Crippen LogP contribution >= 0.6 is 24.8 Å². The maximum atomic E-state index is 14.6. The molecular weight excluding hydrogens is 555 g/mol. The molecule has 2 atom stereocenters. The molecule has 1 fully saturated rings. The predicted molar refractivity (Wildman–Crippen MR) is 114 cm³/mol. The van der Waals surface area contributed by atoms with Crippen LogP contribution in [0.2, 0.25) is 0 Å². The van der Waals surface area contributed by atoms with Gasteiger partial charge in [-0.3, -0.25) is 4.98 Å². The minimum absolute atomic E-state index is 0. The molecule has 0 saturated carbocycles. The number of hydrogen-bond acceptors (Lipinski definition) is 4. The summed E-state index contributed by atoms with van der Waals surface area (Å²) in [7, 11) is -4.33. The highest BCUT2D eigenvalue weighted by Crippen LogP contribution is 2.55. The van der Waals surface area contributed by atoms with E-state index < -0.39 is 50.0 Å². The lowest BCUT2D eigenvalue weighted by Crippen LogP contribution is -2.52. The fraction of sp³-hybridized carbons (Fsp3) is 0.450. The molecule has 2 aromatic rings. The summed E-state index contributed by atoms with van der Waals surface area (Å²) in [5.41, 5.74) is -7.88. The van der Waals surface area contributed by atoms with Gasteiger partial charge < -0.3 is 5.32 Å². The van der Waals surface area contributed by atoms with Crippen LogP contribution in [0.1, 0.15) is 29.7 Å². The van der Waals surface area contributed by atoms with Crippen molar-refractivity contribution in [2.45, 2.75) is 53.0 Å². The molecule has 1 aromatic carbocycles. The van der Waals surface area contributed by atoms with Crippen molar-refractivity contribution < 1.29 is 43.5 Å². The van der Waals surface area contributed by atoms with Crippen LogP contribution in [-0.2, 0) is 26.7 Å². The summed E-state index contributed by atoms with van der Waals surface area (Å²) in [6.45, 7) is 0.187. The van der Waals surface area contributed by atoms with Crippen LogP contribution in [0.15, 0.2) is 41.4 Å². The molecule has 0 radical (unpaired) electrons. The zero-order valence-electron chi connectivity index (χ0n) is 17.4. The fourth-order valence-electron chi connectivity index (χ4n) is 4.72. The average Bonchev–Trinajstić information content (AvgIpc) is 3.17. The van der Waals surface area contributed by atoms with Gasteiger partial charge in [-0.2, -0.15) is 26.3 Å². The summed E-state index contributed by atoms with van der Waals surface area (Å²) in [4.78, 5) is 3.43. The van der Waals surface area contributed by atoms with E-state index in [4.69, 9.17) is 0 Å². The zero-order valence-corrected chi connectivity index (χ0v) is 19.8. The van der Waals surface area contributed by atoms with Crippen LogP contribution in [-0.4, -0.2) is 38.3 Å². The Labute approximate surface area is 207 Å². The van der Waals surface area contributed by atoms with Crippen molar-refractivity contribution in [2.75, 3.05) is 6.54 Å². The van der Waals surface area contributed by atoms with E-state index in [9.17, 15) is 43.5 Å². The largest absolute Gasteiger partial charge is 0.436 e. The number of pyridine rings is 1. The van der Waals surface area contributed by atoms with Gasteiger partial charge in [0.05, 0.1) is 10.6 Å². The summed E-state index contributed by atoms with van der Waals surface area (Å²) in [5, 5.41) is 2.99. The zero-order chi connectivity index (χ0) is 24.4. The van der Waals surface area contributed by atoms with E-state index in [-0.39, 0.29) is 73.0 Å². The maximum Gasteiger partial charge on any atom is 0.436 e. The van der Waals surface area contributed by atoms with Crippen LogP contribution in [0.25, 0.3) is 0 Å². The quantitative estimate of drug-likeness (QED) is 0.399. The first-order valence-electron chi connectivity index (χ1n) is 9.72.